The molecule has 100 valence electrons. The van der Waals surface area contributed by atoms with Crippen LogP contribution in [0.5, 0.6) is 0 Å². The van der Waals surface area contributed by atoms with Crippen molar-refractivity contribution in [3.8, 4) is 0 Å². The zero-order valence-corrected chi connectivity index (χ0v) is 11.2. The first-order valence-corrected chi connectivity index (χ1v) is 6.29. The molecule has 0 aliphatic heterocycles. The smallest absolute Gasteiger partial charge is 0.224 e. The summed E-state index contributed by atoms with van der Waals surface area (Å²) in [5.41, 5.74) is 2.94. The molecule has 1 aromatic carbocycles. The highest BCUT2D eigenvalue weighted by Gasteiger charge is 2.00. The number of nitrogens with one attached hydrogen (secondary N) is 2. The molecule has 1 amide bonds. The lowest BCUT2D eigenvalue weighted by atomic mass is 10.2. The van der Waals surface area contributed by atoms with Gasteiger partial charge in [-0.2, -0.15) is 5.10 Å². The number of anilines is 2. The number of rotatable bonds is 5. The summed E-state index contributed by atoms with van der Waals surface area (Å²) in [6.45, 7) is 2.55. The summed E-state index contributed by atoms with van der Waals surface area (Å²) in [6, 6.07) is 9.64. The summed E-state index contributed by atoms with van der Waals surface area (Å²) in [5.74, 6) is 0.0237. The van der Waals surface area contributed by atoms with Gasteiger partial charge in [-0.25, -0.2) is 0 Å². The topological polar surface area (TPSA) is 59.0 Å². The Kier molecular flexibility index (Phi) is 4.18. The van der Waals surface area contributed by atoms with E-state index in [0.717, 1.165) is 23.6 Å². The number of carbonyl (C=O) groups excluding carboxylic acids is 1. The summed E-state index contributed by atoms with van der Waals surface area (Å²) in [5, 5.41) is 10.2. The van der Waals surface area contributed by atoms with Crippen LogP contribution >= 0.6 is 0 Å². The zero-order chi connectivity index (χ0) is 13.7. The Hall–Kier alpha value is -2.30. The molecule has 5 nitrogen and oxygen atoms in total. The lowest BCUT2D eigenvalue weighted by Gasteiger charge is -2.08. The van der Waals surface area contributed by atoms with Gasteiger partial charge in [0.15, 0.2) is 0 Å². The maximum atomic E-state index is 11.2. The maximum Gasteiger partial charge on any atom is 0.224 e. The fourth-order valence-electron chi connectivity index (χ4n) is 1.69. The first-order chi connectivity index (χ1) is 9.19. The second kappa shape index (κ2) is 6.04. The number of hydrogen-bond donors (Lipinski definition) is 2. The Morgan fingerprint density at radius 1 is 1.21 bits per heavy atom. The van der Waals surface area contributed by atoms with Crippen LogP contribution in [0.3, 0.4) is 0 Å². The molecule has 2 rings (SSSR count). The van der Waals surface area contributed by atoms with Gasteiger partial charge in [-0.15, -0.1) is 0 Å². The molecule has 0 bridgehead atoms. The second-order valence-corrected chi connectivity index (χ2v) is 4.28. The number of nitrogens with zero attached hydrogens (tertiary/aromatic N) is 2. The minimum atomic E-state index is 0.0237. The molecule has 0 aliphatic rings. The molecule has 0 fully saturated rings. The van der Waals surface area contributed by atoms with E-state index in [1.54, 1.807) is 6.20 Å². The largest absolute Gasteiger partial charge is 0.379 e. The van der Waals surface area contributed by atoms with Crippen LogP contribution in [-0.2, 0) is 18.4 Å². The molecule has 0 unspecified atom stereocenters. The summed E-state index contributed by atoms with van der Waals surface area (Å²) in [4.78, 5) is 11.2. The van der Waals surface area contributed by atoms with Crippen molar-refractivity contribution in [1.82, 2.24) is 9.78 Å². The van der Waals surface area contributed by atoms with Gasteiger partial charge in [0.25, 0.3) is 0 Å². The molecule has 0 atom stereocenters. The van der Waals surface area contributed by atoms with Crippen molar-refractivity contribution in [2.45, 2.75) is 19.9 Å². The van der Waals surface area contributed by atoms with Crippen LogP contribution in [0.15, 0.2) is 36.5 Å². The van der Waals surface area contributed by atoms with Gasteiger partial charge in [0.05, 0.1) is 12.2 Å². The van der Waals surface area contributed by atoms with Gasteiger partial charge in [0.2, 0.25) is 5.91 Å². The van der Waals surface area contributed by atoms with Crippen molar-refractivity contribution in [2.24, 2.45) is 7.05 Å². The standard InChI is InChI=1S/C14H18N4O/c1-3-14(19)17-12-6-4-11(5-7-12)15-10-13-8-9-16-18(13)2/h4-9,15H,3,10H2,1-2H3,(H,17,19). The fraction of sp³-hybridized carbons (Fsp3) is 0.286. The maximum absolute atomic E-state index is 11.2. The van der Waals surface area contributed by atoms with Crippen LogP contribution in [0.1, 0.15) is 19.0 Å². The van der Waals surface area contributed by atoms with E-state index in [1.807, 2.05) is 49.0 Å². The molecule has 19 heavy (non-hydrogen) atoms. The number of aryl methyl sites for hydroxylation is 1. The van der Waals surface area contributed by atoms with Crippen molar-refractivity contribution in [3.05, 3.63) is 42.2 Å². The molecule has 0 aliphatic carbocycles. The van der Waals surface area contributed by atoms with E-state index in [-0.39, 0.29) is 5.91 Å². The van der Waals surface area contributed by atoms with E-state index in [4.69, 9.17) is 0 Å². The minimum absolute atomic E-state index is 0.0237. The minimum Gasteiger partial charge on any atom is -0.379 e. The van der Waals surface area contributed by atoms with Crippen molar-refractivity contribution >= 4 is 17.3 Å². The molecule has 2 N–H and O–H groups in total. The van der Waals surface area contributed by atoms with Gasteiger partial charge in [-0.05, 0) is 30.3 Å². The lowest BCUT2D eigenvalue weighted by molar-refractivity contribution is -0.115. The first kappa shape index (κ1) is 13.1. The summed E-state index contributed by atoms with van der Waals surface area (Å²) >= 11 is 0. The van der Waals surface area contributed by atoms with Crippen molar-refractivity contribution < 1.29 is 4.79 Å². The van der Waals surface area contributed by atoms with Crippen molar-refractivity contribution in [1.29, 1.82) is 0 Å². The molecule has 0 radical (unpaired) electrons. The van der Waals surface area contributed by atoms with Gasteiger partial charge >= 0.3 is 0 Å². The van der Waals surface area contributed by atoms with E-state index in [1.165, 1.54) is 0 Å². The predicted octanol–water partition coefficient (Wildman–Crippen LogP) is 2.38. The van der Waals surface area contributed by atoms with Gasteiger partial charge in [-0.1, -0.05) is 6.92 Å². The normalized spacial score (nSPS) is 10.2. The van der Waals surface area contributed by atoms with Crippen LogP contribution in [-0.4, -0.2) is 15.7 Å². The van der Waals surface area contributed by atoms with E-state index in [9.17, 15) is 4.79 Å². The number of amides is 1. The predicted molar refractivity (Wildman–Crippen MR) is 75.9 cm³/mol. The quantitative estimate of drug-likeness (QED) is 0.865. The lowest BCUT2D eigenvalue weighted by Crippen LogP contribution is -2.09. The Bertz CT molecular complexity index is 545. The van der Waals surface area contributed by atoms with Crippen LogP contribution in [0.25, 0.3) is 0 Å². The van der Waals surface area contributed by atoms with Gasteiger partial charge in [0.1, 0.15) is 0 Å². The number of hydrogen-bond acceptors (Lipinski definition) is 3. The monoisotopic (exact) mass is 258 g/mol. The van der Waals surface area contributed by atoms with E-state index < -0.39 is 0 Å². The highest BCUT2D eigenvalue weighted by molar-refractivity contribution is 5.90. The Labute approximate surface area is 112 Å². The van der Waals surface area contributed by atoms with Gasteiger partial charge in [0, 0.05) is 31.0 Å². The summed E-state index contributed by atoms with van der Waals surface area (Å²) < 4.78 is 1.84. The third kappa shape index (κ3) is 3.58. The third-order valence-electron chi connectivity index (χ3n) is 2.89. The first-order valence-electron chi connectivity index (χ1n) is 6.29. The van der Waals surface area contributed by atoms with E-state index >= 15 is 0 Å². The van der Waals surface area contributed by atoms with Crippen molar-refractivity contribution in [3.63, 3.8) is 0 Å². The highest BCUT2D eigenvalue weighted by Crippen LogP contribution is 2.14. The molecule has 1 aromatic heterocycles. The van der Waals surface area contributed by atoms with Crippen LogP contribution in [0, 0.1) is 0 Å². The van der Waals surface area contributed by atoms with Crippen LogP contribution < -0.4 is 10.6 Å². The average Bonchev–Trinajstić information content (AvgIpc) is 2.83. The molecule has 0 spiro atoms. The summed E-state index contributed by atoms with van der Waals surface area (Å²) in [7, 11) is 1.92. The average molecular weight is 258 g/mol. The molecular formula is C14H18N4O. The van der Waals surface area contributed by atoms with E-state index in [0.29, 0.717) is 6.42 Å². The van der Waals surface area contributed by atoms with Gasteiger partial charge in [-0.3, -0.25) is 9.48 Å². The molecule has 0 saturated carbocycles. The number of carbonyl (C=O) groups is 1. The molecule has 2 aromatic rings. The molecule has 1 heterocycles. The van der Waals surface area contributed by atoms with Crippen molar-refractivity contribution in [2.75, 3.05) is 10.6 Å². The molecule has 0 saturated heterocycles. The summed E-state index contributed by atoms with van der Waals surface area (Å²) in [6.07, 6.45) is 2.26. The Balaban J connectivity index is 1.92. The molecule has 5 heteroatoms. The second-order valence-electron chi connectivity index (χ2n) is 4.28. The fourth-order valence-corrected chi connectivity index (χ4v) is 1.69. The van der Waals surface area contributed by atoms with Crippen LogP contribution in [0.2, 0.25) is 0 Å². The Morgan fingerprint density at radius 2 is 1.89 bits per heavy atom. The van der Waals surface area contributed by atoms with E-state index in [2.05, 4.69) is 15.7 Å². The van der Waals surface area contributed by atoms with Crippen LogP contribution in [0.4, 0.5) is 11.4 Å². The SMILES string of the molecule is CCC(=O)Nc1ccc(NCc2ccnn2C)cc1. The highest BCUT2D eigenvalue weighted by atomic mass is 16.1. The number of benzene rings is 1. The zero-order valence-electron chi connectivity index (χ0n) is 11.2. The third-order valence-corrected chi connectivity index (χ3v) is 2.89. The van der Waals surface area contributed by atoms with Gasteiger partial charge < -0.3 is 10.6 Å². The number of aromatic nitrogens is 2. The molecular weight excluding hydrogens is 240 g/mol. The Morgan fingerprint density at radius 3 is 2.47 bits per heavy atom.